The van der Waals surface area contributed by atoms with Gasteiger partial charge in [0.25, 0.3) is 5.56 Å². The number of nitrogen functional groups attached to an aromatic ring is 1. The van der Waals surface area contributed by atoms with Crippen LogP contribution in [-0.4, -0.2) is 9.78 Å². The standard InChI is InChI=1S/C12H11BrClN3O/c1-6-3-8(14)9(15)4-10(6)17-12(18)11(13)7(2)5-16-17/h3-5H,15H2,1-2H3. The largest absolute Gasteiger partial charge is 0.397 e. The molecular formula is C12H11BrClN3O. The summed E-state index contributed by atoms with van der Waals surface area (Å²) in [6.45, 7) is 3.66. The molecule has 2 aromatic rings. The van der Waals surface area contributed by atoms with Crippen molar-refractivity contribution >= 4 is 33.2 Å². The maximum absolute atomic E-state index is 12.1. The Bertz CT molecular complexity index is 682. The first kappa shape index (κ1) is 13.1. The lowest BCUT2D eigenvalue weighted by Crippen LogP contribution is -2.23. The normalized spacial score (nSPS) is 10.7. The zero-order chi connectivity index (χ0) is 13.4. The number of nitrogens with two attached hydrogens (primary N) is 1. The molecule has 1 heterocycles. The molecule has 4 nitrogen and oxygen atoms in total. The van der Waals surface area contributed by atoms with E-state index in [9.17, 15) is 4.79 Å². The molecule has 0 aliphatic rings. The van der Waals surface area contributed by atoms with Crippen LogP contribution in [0.4, 0.5) is 5.69 Å². The summed E-state index contributed by atoms with van der Waals surface area (Å²) in [6.07, 6.45) is 1.62. The quantitative estimate of drug-likeness (QED) is 0.819. The maximum Gasteiger partial charge on any atom is 0.286 e. The molecular weight excluding hydrogens is 318 g/mol. The molecule has 2 rings (SSSR count). The molecule has 2 N–H and O–H groups in total. The Morgan fingerprint density at radius 2 is 2.00 bits per heavy atom. The highest BCUT2D eigenvalue weighted by atomic mass is 79.9. The van der Waals surface area contributed by atoms with E-state index in [1.807, 2.05) is 13.8 Å². The summed E-state index contributed by atoms with van der Waals surface area (Å²) in [6, 6.07) is 3.36. The summed E-state index contributed by atoms with van der Waals surface area (Å²) in [5.41, 5.74) is 8.20. The van der Waals surface area contributed by atoms with E-state index in [4.69, 9.17) is 17.3 Å². The van der Waals surface area contributed by atoms with Crippen LogP contribution >= 0.6 is 27.5 Å². The highest BCUT2D eigenvalue weighted by molar-refractivity contribution is 9.10. The van der Waals surface area contributed by atoms with Gasteiger partial charge in [0.1, 0.15) is 0 Å². The molecule has 0 aliphatic heterocycles. The van der Waals surface area contributed by atoms with Gasteiger partial charge in [-0.3, -0.25) is 4.79 Å². The van der Waals surface area contributed by atoms with Crippen LogP contribution in [0.15, 0.2) is 27.6 Å². The van der Waals surface area contributed by atoms with Crippen molar-refractivity contribution in [3.8, 4) is 5.69 Å². The van der Waals surface area contributed by atoms with Crippen LogP contribution < -0.4 is 11.3 Å². The zero-order valence-corrected chi connectivity index (χ0v) is 12.2. The van der Waals surface area contributed by atoms with Crippen molar-refractivity contribution in [2.75, 3.05) is 5.73 Å². The summed E-state index contributed by atoms with van der Waals surface area (Å²) in [7, 11) is 0. The first-order valence-corrected chi connectivity index (χ1v) is 6.39. The van der Waals surface area contributed by atoms with Crippen LogP contribution in [0.5, 0.6) is 0 Å². The van der Waals surface area contributed by atoms with Gasteiger partial charge in [-0.05, 0) is 53.0 Å². The number of aromatic nitrogens is 2. The second kappa shape index (κ2) is 4.74. The number of hydrogen-bond donors (Lipinski definition) is 1. The second-order valence-corrected chi connectivity index (χ2v) is 5.22. The van der Waals surface area contributed by atoms with Gasteiger partial charge in [-0.2, -0.15) is 9.78 Å². The van der Waals surface area contributed by atoms with Gasteiger partial charge in [0.05, 0.1) is 27.1 Å². The van der Waals surface area contributed by atoms with Gasteiger partial charge < -0.3 is 5.73 Å². The van der Waals surface area contributed by atoms with Crippen LogP contribution in [-0.2, 0) is 0 Å². The molecule has 0 spiro atoms. The summed E-state index contributed by atoms with van der Waals surface area (Å²) in [4.78, 5) is 12.1. The van der Waals surface area contributed by atoms with Crippen LogP contribution in [0.25, 0.3) is 5.69 Å². The van der Waals surface area contributed by atoms with Crippen LogP contribution in [0.1, 0.15) is 11.1 Å². The number of hydrogen-bond acceptors (Lipinski definition) is 3. The molecule has 0 aliphatic carbocycles. The number of rotatable bonds is 1. The predicted molar refractivity (Wildman–Crippen MR) is 76.4 cm³/mol. The highest BCUT2D eigenvalue weighted by Gasteiger charge is 2.11. The zero-order valence-electron chi connectivity index (χ0n) is 9.87. The van der Waals surface area contributed by atoms with E-state index < -0.39 is 0 Å². The Kier molecular flexibility index (Phi) is 3.45. The molecule has 0 saturated carbocycles. The molecule has 0 fully saturated rings. The third kappa shape index (κ3) is 2.15. The van der Waals surface area contributed by atoms with Gasteiger partial charge in [-0.1, -0.05) is 11.6 Å². The van der Waals surface area contributed by atoms with E-state index in [-0.39, 0.29) is 5.56 Å². The Labute approximate surface area is 118 Å². The fraction of sp³-hybridized carbons (Fsp3) is 0.167. The summed E-state index contributed by atoms with van der Waals surface area (Å²) >= 11 is 9.18. The third-order valence-electron chi connectivity index (χ3n) is 2.64. The molecule has 6 heteroatoms. The van der Waals surface area contributed by atoms with Crippen molar-refractivity contribution in [2.45, 2.75) is 13.8 Å². The van der Waals surface area contributed by atoms with E-state index in [1.165, 1.54) is 4.68 Å². The van der Waals surface area contributed by atoms with Gasteiger partial charge in [0, 0.05) is 0 Å². The van der Waals surface area contributed by atoms with Gasteiger partial charge >= 0.3 is 0 Å². The second-order valence-electron chi connectivity index (χ2n) is 4.02. The lowest BCUT2D eigenvalue weighted by atomic mass is 10.2. The SMILES string of the molecule is Cc1cc(Cl)c(N)cc1-n1ncc(C)c(Br)c1=O. The van der Waals surface area contributed by atoms with Crippen molar-refractivity contribution in [3.63, 3.8) is 0 Å². The molecule has 18 heavy (non-hydrogen) atoms. The third-order valence-corrected chi connectivity index (χ3v) is 3.93. The average molecular weight is 329 g/mol. The lowest BCUT2D eigenvalue weighted by Gasteiger charge is -2.11. The number of aryl methyl sites for hydroxylation is 2. The molecule has 1 aromatic heterocycles. The average Bonchev–Trinajstić information content (AvgIpc) is 2.32. The van der Waals surface area contributed by atoms with Crippen LogP contribution in [0, 0.1) is 13.8 Å². The van der Waals surface area contributed by atoms with E-state index in [1.54, 1.807) is 18.3 Å². The number of halogens is 2. The van der Waals surface area contributed by atoms with Crippen molar-refractivity contribution in [2.24, 2.45) is 0 Å². The predicted octanol–water partition coefficient (Wildman–Crippen LogP) is 2.85. The molecule has 1 aromatic carbocycles. The molecule has 0 bridgehead atoms. The monoisotopic (exact) mass is 327 g/mol. The lowest BCUT2D eigenvalue weighted by molar-refractivity contribution is 0.788. The number of nitrogens with zero attached hydrogens (tertiary/aromatic N) is 2. The van der Waals surface area contributed by atoms with Crippen molar-refractivity contribution in [1.29, 1.82) is 0 Å². The summed E-state index contributed by atoms with van der Waals surface area (Å²) in [5.74, 6) is 0. The Morgan fingerprint density at radius 1 is 1.33 bits per heavy atom. The molecule has 0 radical (unpaired) electrons. The van der Waals surface area contributed by atoms with Gasteiger partial charge in [0.15, 0.2) is 0 Å². The fourth-order valence-corrected chi connectivity index (χ4v) is 2.08. The molecule has 0 amide bonds. The summed E-state index contributed by atoms with van der Waals surface area (Å²) < 4.78 is 1.80. The number of benzene rings is 1. The molecule has 0 unspecified atom stereocenters. The van der Waals surface area contributed by atoms with Gasteiger partial charge in [0.2, 0.25) is 0 Å². The van der Waals surface area contributed by atoms with Gasteiger partial charge in [-0.15, -0.1) is 0 Å². The van der Waals surface area contributed by atoms with Crippen LogP contribution in [0.3, 0.4) is 0 Å². The first-order chi connectivity index (χ1) is 8.41. The Balaban J connectivity index is 2.74. The minimum absolute atomic E-state index is 0.222. The molecule has 0 saturated heterocycles. The fourth-order valence-electron chi connectivity index (χ4n) is 1.59. The topological polar surface area (TPSA) is 60.9 Å². The number of anilines is 1. The minimum atomic E-state index is -0.222. The van der Waals surface area contributed by atoms with E-state index in [0.29, 0.717) is 20.9 Å². The van der Waals surface area contributed by atoms with E-state index in [2.05, 4.69) is 21.0 Å². The van der Waals surface area contributed by atoms with Crippen LogP contribution in [0.2, 0.25) is 5.02 Å². The molecule has 0 atom stereocenters. The van der Waals surface area contributed by atoms with E-state index in [0.717, 1.165) is 11.1 Å². The smallest absolute Gasteiger partial charge is 0.286 e. The maximum atomic E-state index is 12.1. The van der Waals surface area contributed by atoms with E-state index >= 15 is 0 Å². The molecule has 94 valence electrons. The van der Waals surface area contributed by atoms with Crippen molar-refractivity contribution in [1.82, 2.24) is 9.78 Å². The Morgan fingerprint density at radius 3 is 2.67 bits per heavy atom. The van der Waals surface area contributed by atoms with Gasteiger partial charge in [-0.25, -0.2) is 0 Å². The first-order valence-electron chi connectivity index (χ1n) is 5.22. The minimum Gasteiger partial charge on any atom is -0.397 e. The Hall–Kier alpha value is -1.33. The highest BCUT2D eigenvalue weighted by Crippen LogP contribution is 2.25. The van der Waals surface area contributed by atoms with Crippen molar-refractivity contribution < 1.29 is 0 Å². The summed E-state index contributed by atoms with van der Waals surface area (Å²) in [5, 5.41) is 4.58. The van der Waals surface area contributed by atoms with Crippen molar-refractivity contribution in [3.05, 3.63) is 49.3 Å².